The van der Waals surface area contributed by atoms with E-state index in [1.807, 2.05) is 4.68 Å². The van der Waals surface area contributed by atoms with Crippen molar-refractivity contribution in [3.63, 3.8) is 0 Å². The number of piperidine rings is 1. The van der Waals surface area contributed by atoms with E-state index in [2.05, 4.69) is 22.0 Å². The highest BCUT2D eigenvalue weighted by molar-refractivity contribution is 4.74. The van der Waals surface area contributed by atoms with Crippen LogP contribution in [-0.2, 0) is 6.54 Å². The van der Waals surface area contributed by atoms with Gasteiger partial charge in [-0.25, -0.2) is 4.98 Å². The van der Waals surface area contributed by atoms with Gasteiger partial charge in [-0.05, 0) is 32.9 Å². The van der Waals surface area contributed by atoms with Crippen LogP contribution in [0.2, 0.25) is 0 Å². The van der Waals surface area contributed by atoms with Gasteiger partial charge in [-0.1, -0.05) is 6.42 Å². The van der Waals surface area contributed by atoms with Gasteiger partial charge in [0.2, 0.25) is 0 Å². The Morgan fingerprint density at radius 3 is 3.07 bits per heavy atom. The van der Waals surface area contributed by atoms with Crippen LogP contribution < -0.4 is 0 Å². The molecule has 14 heavy (non-hydrogen) atoms. The molecule has 0 aliphatic carbocycles. The number of likely N-dealkylation sites (tertiary alicyclic amines) is 1. The Morgan fingerprint density at radius 1 is 1.43 bits per heavy atom. The topological polar surface area (TPSA) is 34.0 Å². The quantitative estimate of drug-likeness (QED) is 0.724. The molecule has 1 aliphatic heterocycles. The average molecular weight is 194 g/mol. The molecule has 1 fully saturated rings. The van der Waals surface area contributed by atoms with Gasteiger partial charge in [0.25, 0.3) is 0 Å². The lowest BCUT2D eigenvalue weighted by Gasteiger charge is -2.32. The predicted molar refractivity (Wildman–Crippen MR) is 54.9 cm³/mol. The number of hydrogen-bond donors (Lipinski definition) is 0. The second-order valence-electron chi connectivity index (χ2n) is 4.08. The van der Waals surface area contributed by atoms with Crippen LogP contribution in [-0.4, -0.2) is 39.3 Å². The fourth-order valence-corrected chi connectivity index (χ4v) is 2.14. The molecule has 0 saturated carbocycles. The smallest absolute Gasteiger partial charge is 0.137 e. The molecule has 1 saturated heterocycles. The zero-order valence-corrected chi connectivity index (χ0v) is 8.76. The molecule has 0 amide bonds. The van der Waals surface area contributed by atoms with Crippen molar-refractivity contribution in [2.45, 2.75) is 38.3 Å². The third-order valence-corrected chi connectivity index (χ3v) is 3.08. The average Bonchev–Trinajstić information content (AvgIpc) is 2.69. The number of aromatic nitrogens is 3. The lowest BCUT2D eigenvalue weighted by atomic mass is 10.0. The van der Waals surface area contributed by atoms with Crippen LogP contribution in [0.5, 0.6) is 0 Å². The summed E-state index contributed by atoms with van der Waals surface area (Å²) in [4.78, 5) is 6.42. The van der Waals surface area contributed by atoms with Gasteiger partial charge >= 0.3 is 0 Å². The summed E-state index contributed by atoms with van der Waals surface area (Å²) < 4.78 is 1.92. The van der Waals surface area contributed by atoms with E-state index in [0.29, 0.717) is 0 Å². The van der Waals surface area contributed by atoms with E-state index < -0.39 is 0 Å². The predicted octanol–water partition coefficient (Wildman–Crippen LogP) is 1.15. The number of nitrogens with zero attached hydrogens (tertiary/aromatic N) is 4. The Bertz CT molecular complexity index is 257. The molecule has 0 aromatic carbocycles. The van der Waals surface area contributed by atoms with E-state index >= 15 is 0 Å². The summed E-state index contributed by atoms with van der Waals surface area (Å²) in [6.45, 7) is 2.25. The normalized spacial score (nSPS) is 23.9. The minimum atomic E-state index is 0.743. The molecule has 1 unspecified atom stereocenters. The molecule has 4 nitrogen and oxygen atoms in total. The number of rotatable bonds is 3. The van der Waals surface area contributed by atoms with Crippen molar-refractivity contribution in [1.29, 1.82) is 0 Å². The molecule has 0 spiro atoms. The first-order chi connectivity index (χ1) is 6.86. The molecule has 2 rings (SSSR count). The summed E-state index contributed by atoms with van der Waals surface area (Å²) in [6.07, 6.45) is 8.67. The van der Waals surface area contributed by atoms with Crippen molar-refractivity contribution >= 4 is 0 Å². The van der Waals surface area contributed by atoms with E-state index in [1.54, 1.807) is 12.7 Å². The zero-order valence-electron chi connectivity index (χ0n) is 8.76. The van der Waals surface area contributed by atoms with Crippen molar-refractivity contribution < 1.29 is 0 Å². The molecule has 4 heteroatoms. The molecule has 0 N–H and O–H groups in total. The first-order valence-corrected chi connectivity index (χ1v) is 5.39. The van der Waals surface area contributed by atoms with Crippen LogP contribution in [0.15, 0.2) is 12.7 Å². The minimum Gasteiger partial charge on any atom is -0.303 e. The first kappa shape index (κ1) is 9.65. The maximum atomic E-state index is 4.11. The standard InChI is InChI=1S/C10H18N4/c1-13-6-3-2-4-10(13)5-7-14-9-11-8-12-14/h8-10H,2-7H2,1H3. The third-order valence-electron chi connectivity index (χ3n) is 3.08. The summed E-state index contributed by atoms with van der Waals surface area (Å²) in [5.41, 5.74) is 0. The monoisotopic (exact) mass is 194 g/mol. The van der Waals surface area contributed by atoms with Crippen molar-refractivity contribution in [3.8, 4) is 0 Å². The Morgan fingerprint density at radius 2 is 2.36 bits per heavy atom. The van der Waals surface area contributed by atoms with Gasteiger partial charge in [-0.3, -0.25) is 4.68 Å². The fourth-order valence-electron chi connectivity index (χ4n) is 2.14. The highest BCUT2D eigenvalue weighted by Crippen LogP contribution is 2.17. The molecule has 0 bridgehead atoms. The van der Waals surface area contributed by atoms with Crippen LogP contribution in [0.1, 0.15) is 25.7 Å². The summed E-state index contributed by atoms with van der Waals surface area (Å²) in [5.74, 6) is 0. The van der Waals surface area contributed by atoms with Crippen LogP contribution in [0.3, 0.4) is 0 Å². The van der Waals surface area contributed by atoms with E-state index in [9.17, 15) is 0 Å². The lowest BCUT2D eigenvalue weighted by molar-refractivity contribution is 0.169. The Balaban J connectivity index is 1.79. The van der Waals surface area contributed by atoms with Gasteiger partial charge < -0.3 is 4.90 Å². The molecular formula is C10H18N4. The summed E-state index contributed by atoms with van der Waals surface area (Å²) in [5, 5.41) is 4.11. The lowest BCUT2D eigenvalue weighted by Crippen LogP contribution is -2.36. The molecule has 1 aromatic heterocycles. The first-order valence-electron chi connectivity index (χ1n) is 5.39. The fraction of sp³-hybridized carbons (Fsp3) is 0.800. The molecule has 1 aromatic rings. The molecule has 1 aliphatic rings. The Labute approximate surface area is 84.9 Å². The number of hydrogen-bond acceptors (Lipinski definition) is 3. The van der Waals surface area contributed by atoms with E-state index in [-0.39, 0.29) is 0 Å². The van der Waals surface area contributed by atoms with E-state index in [0.717, 1.165) is 12.6 Å². The van der Waals surface area contributed by atoms with Gasteiger partial charge in [-0.2, -0.15) is 5.10 Å². The molecule has 1 atom stereocenters. The van der Waals surface area contributed by atoms with Crippen LogP contribution in [0, 0.1) is 0 Å². The summed E-state index contributed by atoms with van der Waals surface area (Å²) in [7, 11) is 2.23. The molecule has 2 heterocycles. The summed E-state index contributed by atoms with van der Waals surface area (Å²) >= 11 is 0. The second-order valence-corrected chi connectivity index (χ2v) is 4.08. The van der Waals surface area contributed by atoms with Gasteiger partial charge in [0.1, 0.15) is 12.7 Å². The molecule has 78 valence electrons. The van der Waals surface area contributed by atoms with Crippen LogP contribution >= 0.6 is 0 Å². The van der Waals surface area contributed by atoms with Crippen molar-refractivity contribution in [1.82, 2.24) is 19.7 Å². The van der Waals surface area contributed by atoms with Gasteiger partial charge in [0.05, 0.1) is 0 Å². The minimum absolute atomic E-state index is 0.743. The van der Waals surface area contributed by atoms with Crippen molar-refractivity contribution in [2.75, 3.05) is 13.6 Å². The highest BCUT2D eigenvalue weighted by atomic mass is 15.3. The maximum Gasteiger partial charge on any atom is 0.137 e. The molecule has 0 radical (unpaired) electrons. The highest BCUT2D eigenvalue weighted by Gasteiger charge is 2.18. The Hall–Kier alpha value is -0.900. The van der Waals surface area contributed by atoms with Gasteiger partial charge in [-0.15, -0.1) is 0 Å². The van der Waals surface area contributed by atoms with Crippen LogP contribution in [0.25, 0.3) is 0 Å². The van der Waals surface area contributed by atoms with Crippen LogP contribution in [0.4, 0.5) is 0 Å². The third kappa shape index (κ3) is 2.32. The summed E-state index contributed by atoms with van der Waals surface area (Å²) in [6, 6.07) is 0.743. The maximum absolute atomic E-state index is 4.11. The van der Waals surface area contributed by atoms with Gasteiger partial charge in [0, 0.05) is 12.6 Å². The SMILES string of the molecule is CN1CCCCC1CCn1cncn1. The largest absolute Gasteiger partial charge is 0.303 e. The van der Waals surface area contributed by atoms with Crippen molar-refractivity contribution in [2.24, 2.45) is 0 Å². The van der Waals surface area contributed by atoms with Gasteiger partial charge in [0.15, 0.2) is 0 Å². The van der Waals surface area contributed by atoms with E-state index in [4.69, 9.17) is 0 Å². The van der Waals surface area contributed by atoms with E-state index in [1.165, 1.54) is 32.2 Å². The zero-order chi connectivity index (χ0) is 9.80. The van der Waals surface area contributed by atoms with Crippen molar-refractivity contribution in [3.05, 3.63) is 12.7 Å². The second kappa shape index (κ2) is 4.55. The Kier molecular flexibility index (Phi) is 3.14. The number of aryl methyl sites for hydroxylation is 1. The molecular weight excluding hydrogens is 176 g/mol.